The molecule has 3 heteroatoms. The molecule has 0 radical (unpaired) electrons. The maximum Gasteiger partial charge on any atom is 0.127 e. The molecular weight excluding hydrogens is 198 g/mol. The SMILES string of the molecule is CCn1c(C2CCCC2)nc(C(C)C)c1N. The average molecular weight is 221 g/mol. The van der Waals surface area contributed by atoms with Crippen LogP contribution in [0.4, 0.5) is 5.82 Å². The van der Waals surface area contributed by atoms with Crippen LogP contribution >= 0.6 is 0 Å². The van der Waals surface area contributed by atoms with Crippen molar-refractivity contribution in [2.24, 2.45) is 0 Å². The van der Waals surface area contributed by atoms with Crippen LogP contribution < -0.4 is 5.73 Å². The van der Waals surface area contributed by atoms with Crippen LogP contribution in [0.3, 0.4) is 0 Å². The van der Waals surface area contributed by atoms with Crippen molar-refractivity contribution in [3.05, 3.63) is 11.5 Å². The van der Waals surface area contributed by atoms with Crippen molar-refractivity contribution in [1.29, 1.82) is 0 Å². The van der Waals surface area contributed by atoms with Crippen LogP contribution in [-0.4, -0.2) is 9.55 Å². The minimum atomic E-state index is 0.424. The highest BCUT2D eigenvalue weighted by atomic mass is 15.1. The fourth-order valence-electron chi connectivity index (χ4n) is 2.76. The van der Waals surface area contributed by atoms with E-state index in [1.807, 2.05) is 0 Å². The third-order valence-electron chi connectivity index (χ3n) is 3.65. The fraction of sp³-hybridized carbons (Fsp3) is 0.769. The average Bonchev–Trinajstić information content (AvgIpc) is 2.83. The van der Waals surface area contributed by atoms with Crippen molar-refractivity contribution in [2.75, 3.05) is 5.73 Å². The van der Waals surface area contributed by atoms with Crippen molar-refractivity contribution in [3.8, 4) is 0 Å². The molecule has 1 aliphatic carbocycles. The Kier molecular flexibility index (Phi) is 3.22. The van der Waals surface area contributed by atoms with Gasteiger partial charge in [0.05, 0.1) is 5.69 Å². The van der Waals surface area contributed by atoms with E-state index < -0.39 is 0 Å². The summed E-state index contributed by atoms with van der Waals surface area (Å²) in [5.74, 6) is 3.20. The van der Waals surface area contributed by atoms with Gasteiger partial charge >= 0.3 is 0 Å². The molecule has 0 atom stereocenters. The third-order valence-corrected chi connectivity index (χ3v) is 3.65. The molecule has 1 fully saturated rings. The van der Waals surface area contributed by atoms with Crippen LogP contribution in [0.2, 0.25) is 0 Å². The summed E-state index contributed by atoms with van der Waals surface area (Å²) in [6, 6.07) is 0. The van der Waals surface area contributed by atoms with Gasteiger partial charge in [-0.25, -0.2) is 4.98 Å². The molecule has 1 aromatic rings. The minimum absolute atomic E-state index is 0.424. The quantitative estimate of drug-likeness (QED) is 0.851. The zero-order chi connectivity index (χ0) is 11.7. The number of rotatable bonds is 3. The predicted molar refractivity (Wildman–Crippen MR) is 67.6 cm³/mol. The molecule has 2 rings (SSSR count). The number of nitrogens with zero attached hydrogens (tertiary/aromatic N) is 2. The predicted octanol–water partition coefficient (Wildman–Crippen LogP) is 3.27. The van der Waals surface area contributed by atoms with Gasteiger partial charge in [0.1, 0.15) is 11.6 Å². The molecule has 0 aliphatic heterocycles. The van der Waals surface area contributed by atoms with Crippen molar-refractivity contribution in [3.63, 3.8) is 0 Å². The molecule has 1 heterocycles. The minimum Gasteiger partial charge on any atom is -0.384 e. The Balaban J connectivity index is 2.39. The van der Waals surface area contributed by atoms with Crippen LogP contribution in [0.15, 0.2) is 0 Å². The summed E-state index contributed by atoms with van der Waals surface area (Å²) in [4.78, 5) is 4.80. The first-order valence-electron chi connectivity index (χ1n) is 6.50. The van der Waals surface area contributed by atoms with Gasteiger partial charge in [-0.05, 0) is 25.7 Å². The van der Waals surface area contributed by atoms with Crippen LogP contribution in [0, 0.1) is 0 Å². The third kappa shape index (κ3) is 1.83. The Hall–Kier alpha value is -0.990. The lowest BCUT2D eigenvalue weighted by Crippen LogP contribution is -2.08. The first-order chi connectivity index (χ1) is 7.65. The number of anilines is 1. The zero-order valence-corrected chi connectivity index (χ0v) is 10.7. The summed E-state index contributed by atoms with van der Waals surface area (Å²) in [5, 5.41) is 0. The molecule has 90 valence electrons. The van der Waals surface area contributed by atoms with Gasteiger partial charge in [0.15, 0.2) is 0 Å². The molecule has 3 nitrogen and oxygen atoms in total. The Morgan fingerprint density at radius 1 is 1.38 bits per heavy atom. The van der Waals surface area contributed by atoms with E-state index in [1.165, 1.54) is 31.5 Å². The van der Waals surface area contributed by atoms with Gasteiger partial charge in [-0.1, -0.05) is 26.7 Å². The molecule has 0 aromatic carbocycles. The summed E-state index contributed by atoms with van der Waals surface area (Å²) in [7, 11) is 0. The van der Waals surface area contributed by atoms with Crippen molar-refractivity contribution in [1.82, 2.24) is 9.55 Å². The highest BCUT2D eigenvalue weighted by molar-refractivity contribution is 5.41. The molecule has 0 saturated heterocycles. The van der Waals surface area contributed by atoms with Gasteiger partial charge in [0.25, 0.3) is 0 Å². The van der Waals surface area contributed by atoms with Crippen molar-refractivity contribution < 1.29 is 0 Å². The van der Waals surface area contributed by atoms with Crippen LogP contribution in [0.1, 0.15) is 69.8 Å². The molecule has 0 unspecified atom stereocenters. The van der Waals surface area contributed by atoms with Crippen LogP contribution in [0.25, 0.3) is 0 Å². The second-order valence-electron chi connectivity index (χ2n) is 5.12. The number of hydrogen-bond acceptors (Lipinski definition) is 2. The summed E-state index contributed by atoms with van der Waals surface area (Å²) in [6.07, 6.45) is 5.26. The number of nitrogen functional groups attached to an aromatic ring is 1. The van der Waals surface area contributed by atoms with Crippen LogP contribution in [0.5, 0.6) is 0 Å². The van der Waals surface area contributed by atoms with E-state index in [1.54, 1.807) is 0 Å². The number of nitrogens with two attached hydrogens (primary N) is 1. The molecule has 16 heavy (non-hydrogen) atoms. The normalized spacial score (nSPS) is 17.5. The molecule has 1 saturated carbocycles. The van der Waals surface area contributed by atoms with E-state index in [0.717, 1.165) is 18.1 Å². The van der Waals surface area contributed by atoms with E-state index in [2.05, 4.69) is 25.3 Å². The zero-order valence-electron chi connectivity index (χ0n) is 10.7. The topological polar surface area (TPSA) is 43.8 Å². The summed E-state index contributed by atoms with van der Waals surface area (Å²) in [5.41, 5.74) is 7.27. The lowest BCUT2D eigenvalue weighted by Gasteiger charge is -2.11. The molecule has 1 aromatic heterocycles. The molecule has 2 N–H and O–H groups in total. The van der Waals surface area contributed by atoms with Gasteiger partial charge < -0.3 is 10.3 Å². The largest absolute Gasteiger partial charge is 0.384 e. The number of imidazole rings is 1. The lowest BCUT2D eigenvalue weighted by molar-refractivity contribution is 0.603. The smallest absolute Gasteiger partial charge is 0.127 e. The summed E-state index contributed by atoms with van der Waals surface area (Å²) < 4.78 is 2.21. The molecular formula is C13H23N3. The van der Waals surface area contributed by atoms with Gasteiger partial charge in [-0.2, -0.15) is 0 Å². The summed E-state index contributed by atoms with van der Waals surface area (Å²) >= 11 is 0. The molecule has 0 spiro atoms. The van der Waals surface area contributed by atoms with E-state index in [4.69, 9.17) is 10.7 Å². The Morgan fingerprint density at radius 3 is 2.50 bits per heavy atom. The first-order valence-corrected chi connectivity index (χ1v) is 6.50. The molecule has 0 amide bonds. The van der Waals surface area contributed by atoms with E-state index in [9.17, 15) is 0 Å². The van der Waals surface area contributed by atoms with E-state index >= 15 is 0 Å². The van der Waals surface area contributed by atoms with Crippen LogP contribution in [-0.2, 0) is 6.54 Å². The highest BCUT2D eigenvalue weighted by Gasteiger charge is 2.25. The molecule has 0 bridgehead atoms. The number of hydrogen-bond donors (Lipinski definition) is 1. The highest BCUT2D eigenvalue weighted by Crippen LogP contribution is 2.36. The monoisotopic (exact) mass is 221 g/mol. The second kappa shape index (κ2) is 4.48. The van der Waals surface area contributed by atoms with Gasteiger partial charge in [0.2, 0.25) is 0 Å². The van der Waals surface area contributed by atoms with Crippen molar-refractivity contribution >= 4 is 5.82 Å². The van der Waals surface area contributed by atoms with E-state index in [-0.39, 0.29) is 0 Å². The van der Waals surface area contributed by atoms with Gasteiger partial charge in [-0.3, -0.25) is 0 Å². The van der Waals surface area contributed by atoms with Gasteiger partial charge in [-0.15, -0.1) is 0 Å². The van der Waals surface area contributed by atoms with Crippen molar-refractivity contribution in [2.45, 2.75) is 64.8 Å². The summed E-state index contributed by atoms with van der Waals surface area (Å²) in [6.45, 7) is 7.42. The standard InChI is InChI=1S/C13H23N3/c1-4-16-12(14)11(9(2)3)15-13(16)10-7-5-6-8-10/h9-10H,4-8,14H2,1-3H3. The fourth-order valence-corrected chi connectivity index (χ4v) is 2.76. The molecule has 1 aliphatic rings. The Labute approximate surface area is 98.1 Å². The Morgan fingerprint density at radius 2 is 2.00 bits per heavy atom. The second-order valence-corrected chi connectivity index (χ2v) is 5.12. The van der Waals surface area contributed by atoms with E-state index in [0.29, 0.717) is 11.8 Å². The Bertz CT molecular complexity index is 359. The van der Waals surface area contributed by atoms with Gasteiger partial charge in [0, 0.05) is 12.5 Å². The number of aromatic nitrogens is 2. The maximum atomic E-state index is 6.18. The maximum absolute atomic E-state index is 6.18. The lowest BCUT2D eigenvalue weighted by atomic mass is 10.1. The first kappa shape index (κ1) is 11.5.